The summed E-state index contributed by atoms with van der Waals surface area (Å²) in [4.78, 5) is 0. The lowest BCUT2D eigenvalue weighted by molar-refractivity contribution is -0.0158. The van der Waals surface area contributed by atoms with E-state index in [-0.39, 0.29) is 34.3 Å². The van der Waals surface area contributed by atoms with Gasteiger partial charge in [0.25, 0.3) is 0 Å². The highest BCUT2D eigenvalue weighted by molar-refractivity contribution is 5.54. The van der Waals surface area contributed by atoms with Crippen molar-refractivity contribution >= 4 is 0 Å². The zero-order valence-electron chi connectivity index (χ0n) is 17.4. The number of aliphatic hydroxyl groups excluding tert-OH is 5. The lowest BCUT2D eigenvalue weighted by atomic mass is 10.0. The van der Waals surface area contributed by atoms with E-state index in [9.17, 15) is 25.5 Å². The third-order valence-corrected chi connectivity index (χ3v) is 4.72. The number of phenolic OH excluding ortho intramolecular Hbond substituents is 1. The Hall–Kier alpha value is -2.76. The van der Waals surface area contributed by atoms with Crippen LogP contribution < -0.4 is 18.9 Å². The normalized spacial score (nSPS) is 15.0. The molecule has 0 bridgehead atoms. The summed E-state index contributed by atoms with van der Waals surface area (Å²) in [5.41, 5.74) is 0.525. The molecule has 2 aromatic carbocycles. The predicted octanol–water partition coefficient (Wildman–Crippen LogP) is 0.278. The molecular formula is C21H28O10. The van der Waals surface area contributed by atoms with Crippen LogP contribution in [0.1, 0.15) is 23.3 Å². The number of hydrogen-bond donors (Lipinski definition) is 6. The van der Waals surface area contributed by atoms with Gasteiger partial charge in [-0.3, -0.25) is 0 Å². The van der Waals surface area contributed by atoms with Gasteiger partial charge in [0.15, 0.2) is 29.1 Å². The molecule has 2 rings (SSSR count). The van der Waals surface area contributed by atoms with Gasteiger partial charge in [-0.15, -0.1) is 0 Å². The van der Waals surface area contributed by atoms with E-state index in [1.165, 1.54) is 51.7 Å². The molecule has 10 heteroatoms. The average Bonchev–Trinajstić information content (AvgIpc) is 2.80. The maximum atomic E-state index is 10.7. The summed E-state index contributed by atoms with van der Waals surface area (Å²) in [6, 6.07) is 6.97. The molecule has 0 spiro atoms. The van der Waals surface area contributed by atoms with Crippen LogP contribution in [-0.2, 0) is 0 Å². The molecule has 10 nitrogen and oxygen atoms in total. The third kappa shape index (κ3) is 5.49. The molecule has 0 saturated heterocycles. The number of ether oxygens (including phenoxy) is 4. The van der Waals surface area contributed by atoms with Crippen LogP contribution in [-0.4, -0.2) is 77.4 Å². The Labute approximate surface area is 179 Å². The largest absolute Gasteiger partial charge is 0.504 e. The maximum absolute atomic E-state index is 10.7. The second-order valence-electron chi connectivity index (χ2n) is 6.66. The third-order valence-electron chi connectivity index (χ3n) is 4.72. The number of aliphatic hydroxyl groups is 5. The van der Waals surface area contributed by atoms with E-state index >= 15 is 0 Å². The van der Waals surface area contributed by atoms with Gasteiger partial charge in [-0.05, 0) is 35.4 Å². The molecule has 0 aliphatic heterocycles. The minimum absolute atomic E-state index is 0.0447. The van der Waals surface area contributed by atoms with Gasteiger partial charge in [0, 0.05) is 0 Å². The Balaban J connectivity index is 2.40. The van der Waals surface area contributed by atoms with Crippen molar-refractivity contribution < 1.29 is 49.6 Å². The lowest BCUT2D eigenvalue weighted by Crippen LogP contribution is -2.29. The van der Waals surface area contributed by atoms with Gasteiger partial charge >= 0.3 is 0 Å². The molecule has 0 aliphatic rings. The van der Waals surface area contributed by atoms with Crippen LogP contribution in [0.4, 0.5) is 0 Å². The fraction of sp³-hybridized carbons (Fsp3) is 0.429. The highest BCUT2D eigenvalue weighted by Crippen LogP contribution is 2.42. The monoisotopic (exact) mass is 440 g/mol. The summed E-state index contributed by atoms with van der Waals surface area (Å²) in [7, 11) is 4.05. The first-order valence-electron chi connectivity index (χ1n) is 9.36. The molecule has 0 radical (unpaired) electrons. The quantitative estimate of drug-likeness (QED) is 0.287. The van der Waals surface area contributed by atoms with Crippen molar-refractivity contribution in [1.82, 2.24) is 0 Å². The molecule has 172 valence electrons. The van der Waals surface area contributed by atoms with E-state index in [4.69, 9.17) is 24.1 Å². The lowest BCUT2D eigenvalue weighted by Gasteiger charge is -2.26. The molecule has 0 amide bonds. The molecule has 0 aromatic heterocycles. The maximum Gasteiger partial charge on any atom is 0.204 e. The molecule has 4 atom stereocenters. The Bertz CT molecular complexity index is 831. The number of rotatable bonds is 11. The van der Waals surface area contributed by atoms with E-state index in [1.54, 1.807) is 0 Å². The Kier molecular flexibility index (Phi) is 8.72. The van der Waals surface area contributed by atoms with E-state index < -0.39 is 37.6 Å². The minimum Gasteiger partial charge on any atom is -0.504 e. The summed E-state index contributed by atoms with van der Waals surface area (Å²) in [5, 5.41) is 59.3. The van der Waals surface area contributed by atoms with Crippen LogP contribution in [0, 0.1) is 0 Å². The summed E-state index contributed by atoms with van der Waals surface area (Å²) in [6.07, 6.45) is -5.30. The van der Waals surface area contributed by atoms with Crippen LogP contribution in [0.2, 0.25) is 0 Å². The van der Waals surface area contributed by atoms with Crippen molar-refractivity contribution in [2.45, 2.75) is 24.4 Å². The number of phenols is 1. The van der Waals surface area contributed by atoms with E-state index in [0.29, 0.717) is 5.56 Å². The van der Waals surface area contributed by atoms with Crippen molar-refractivity contribution in [2.24, 2.45) is 0 Å². The molecule has 0 unspecified atom stereocenters. The molecule has 0 heterocycles. The van der Waals surface area contributed by atoms with E-state index in [0.717, 1.165) is 0 Å². The van der Waals surface area contributed by atoms with E-state index in [1.807, 2.05) is 0 Å². The molecule has 0 fully saturated rings. The number of methoxy groups -OCH3 is 3. The molecule has 0 saturated carbocycles. The van der Waals surface area contributed by atoms with Gasteiger partial charge < -0.3 is 49.6 Å². The van der Waals surface area contributed by atoms with Crippen molar-refractivity contribution in [3.05, 3.63) is 41.5 Å². The topological polar surface area (TPSA) is 158 Å². The molecule has 0 aliphatic carbocycles. The number of aromatic hydroxyl groups is 1. The second kappa shape index (κ2) is 11.0. The van der Waals surface area contributed by atoms with Gasteiger partial charge in [0.2, 0.25) is 5.75 Å². The smallest absolute Gasteiger partial charge is 0.204 e. The Morgan fingerprint density at radius 3 is 1.77 bits per heavy atom. The first kappa shape index (κ1) is 24.5. The molecular weight excluding hydrogens is 412 g/mol. The van der Waals surface area contributed by atoms with Crippen LogP contribution in [0.15, 0.2) is 30.3 Å². The summed E-state index contributed by atoms with van der Waals surface area (Å²) in [5.74, 6) is 0.287. The average molecular weight is 440 g/mol. The predicted molar refractivity (Wildman–Crippen MR) is 109 cm³/mol. The van der Waals surface area contributed by atoms with Crippen LogP contribution >= 0.6 is 0 Å². The van der Waals surface area contributed by atoms with Gasteiger partial charge in [-0.25, -0.2) is 0 Å². The zero-order chi connectivity index (χ0) is 23.1. The minimum atomic E-state index is -1.42. The fourth-order valence-electron chi connectivity index (χ4n) is 2.95. The van der Waals surface area contributed by atoms with Crippen molar-refractivity contribution in [1.29, 1.82) is 0 Å². The van der Waals surface area contributed by atoms with Crippen molar-refractivity contribution in [3.63, 3.8) is 0 Å². The Morgan fingerprint density at radius 1 is 0.742 bits per heavy atom. The first-order chi connectivity index (χ1) is 14.8. The van der Waals surface area contributed by atoms with Crippen molar-refractivity contribution in [2.75, 3.05) is 34.5 Å². The van der Waals surface area contributed by atoms with Crippen LogP contribution in [0.3, 0.4) is 0 Å². The summed E-state index contributed by atoms with van der Waals surface area (Å²) >= 11 is 0. The number of hydrogen-bond acceptors (Lipinski definition) is 10. The highest BCUT2D eigenvalue weighted by atomic mass is 16.6. The summed E-state index contributed by atoms with van der Waals surface area (Å²) < 4.78 is 21.4. The van der Waals surface area contributed by atoms with E-state index in [2.05, 4.69) is 0 Å². The van der Waals surface area contributed by atoms with Gasteiger partial charge in [0.1, 0.15) is 18.3 Å². The SMILES string of the molecule is COc1cc([C@H](O)[C@@H](CO)Oc2c(OC)cc([C@H](O)[C@H](O)CO)cc2OC)ccc1O. The summed E-state index contributed by atoms with van der Waals surface area (Å²) in [6.45, 7) is -1.23. The van der Waals surface area contributed by atoms with Crippen LogP contribution in [0.5, 0.6) is 28.7 Å². The van der Waals surface area contributed by atoms with Gasteiger partial charge in [0.05, 0.1) is 34.5 Å². The Morgan fingerprint density at radius 2 is 1.29 bits per heavy atom. The second-order valence-corrected chi connectivity index (χ2v) is 6.66. The fourth-order valence-corrected chi connectivity index (χ4v) is 2.95. The van der Waals surface area contributed by atoms with Gasteiger partial charge in [-0.1, -0.05) is 6.07 Å². The molecule has 6 N–H and O–H groups in total. The molecule has 31 heavy (non-hydrogen) atoms. The number of benzene rings is 2. The standard InChI is InChI=1S/C21H28O10/c1-28-15-6-11(4-5-13(15)24)20(27)18(10-23)31-21-16(29-2)7-12(8-17(21)30-3)19(26)14(25)9-22/h4-8,14,18-20,22-27H,9-10H2,1-3H3/t14-,18-,19+,20+/m1/s1. The molecule has 2 aromatic rings. The first-order valence-corrected chi connectivity index (χ1v) is 9.36. The zero-order valence-corrected chi connectivity index (χ0v) is 17.4. The van der Waals surface area contributed by atoms with Crippen molar-refractivity contribution in [3.8, 4) is 28.7 Å². The highest BCUT2D eigenvalue weighted by Gasteiger charge is 2.28. The van der Waals surface area contributed by atoms with Crippen LogP contribution in [0.25, 0.3) is 0 Å². The van der Waals surface area contributed by atoms with Gasteiger partial charge in [-0.2, -0.15) is 0 Å².